The van der Waals surface area contributed by atoms with Gasteiger partial charge in [-0.2, -0.15) is 4.57 Å². The minimum Gasteiger partial charge on any atom is -0.386 e. The summed E-state index contributed by atoms with van der Waals surface area (Å²) in [4.78, 5) is 24.5. The first kappa shape index (κ1) is 23.1. The lowest BCUT2D eigenvalue weighted by atomic mass is 10.3. The highest BCUT2D eigenvalue weighted by Gasteiger charge is 2.40. The molecule has 0 unspecified atom stereocenters. The maximum absolute atomic E-state index is 13.0. The van der Waals surface area contributed by atoms with Gasteiger partial charge in [0.15, 0.2) is 0 Å². The van der Waals surface area contributed by atoms with Gasteiger partial charge < -0.3 is 24.2 Å². The van der Waals surface area contributed by atoms with Crippen molar-refractivity contribution < 1.29 is 27.7 Å². The van der Waals surface area contributed by atoms with Crippen LogP contribution in [-0.4, -0.2) is 36.1 Å². The third-order valence-corrected chi connectivity index (χ3v) is 4.48. The molecule has 1 rings (SSSR count). The standard InChI is InChI=1S/C18H29N2O6P/c1-12(2)19-14(5)17(21)25-27(23,24-16-10-8-7-9-11-16)26-18(22)15(6)20-13(3)4/h7-15,19-20H,1-6H3/t14-,15-/m0/s1. The summed E-state index contributed by atoms with van der Waals surface area (Å²) < 4.78 is 28.3. The monoisotopic (exact) mass is 400 g/mol. The Morgan fingerprint density at radius 1 is 0.815 bits per heavy atom. The van der Waals surface area contributed by atoms with Gasteiger partial charge in [0.2, 0.25) is 0 Å². The average Bonchev–Trinajstić information content (AvgIpc) is 2.53. The lowest BCUT2D eigenvalue weighted by Crippen LogP contribution is -2.41. The lowest BCUT2D eigenvalue weighted by molar-refractivity contribution is -0.142. The Kier molecular flexibility index (Phi) is 8.96. The summed E-state index contributed by atoms with van der Waals surface area (Å²) in [5, 5.41) is 5.85. The van der Waals surface area contributed by atoms with Crippen molar-refractivity contribution in [2.45, 2.75) is 65.7 Å². The number of rotatable bonds is 10. The van der Waals surface area contributed by atoms with Gasteiger partial charge in [-0.05, 0) is 26.0 Å². The van der Waals surface area contributed by atoms with Gasteiger partial charge >= 0.3 is 19.8 Å². The third-order valence-electron chi connectivity index (χ3n) is 3.24. The Bertz CT molecular complexity index is 631. The number of phosphoric ester groups is 1. The number of hydrogen-bond acceptors (Lipinski definition) is 8. The molecule has 0 saturated carbocycles. The highest BCUT2D eigenvalue weighted by molar-refractivity contribution is 7.50. The molecule has 1 aromatic carbocycles. The highest BCUT2D eigenvalue weighted by atomic mass is 31.2. The zero-order valence-corrected chi connectivity index (χ0v) is 17.5. The first-order chi connectivity index (χ1) is 12.5. The van der Waals surface area contributed by atoms with Crippen molar-refractivity contribution in [3.05, 3.63) is 30.3 Å². The van der Waals surface area contributed by atoms with Crippen LogP contribution >= 0.6 is 7.82 Å². The summed E-state index contributed by atoms with van der Waals surface area (Å²) in [6.45, 7) is 10.5. The van der Waals surface area contributed by atoms with Crippen LogP contribution in [0.2, 0.25) is 0 Å². The van der Waals surface area contributed by atoms with Gasteiger partial charge in [-0.3, -0.25) is 0 Å². The molecule has 9 heteroatoms. The van der Waals surface area contributed by atoms with Gasteiger partial charge in [0.25, 0.3) is 0 Å². The van der Waals surface area contributed by atoms with Crippen LogP contribution in [0.25, 0.3) is 0 Å². The van der Waals surface area contributed by atoms with Crippen molar-refractivity contribution in [1.29, 1.82) is 0 Å². The SMILES string of the molecule is CC(C)N[C@@H](C)C(=O)OP(=O)(OC(=O)[C@H](C)NC(C)C)Oc1ccccc1. The number of benzene rings is 1. The lowest BCUT2D eigenvalue weighted by Gasteiger charge is -2.22. The van der Waals surface area contributed by atoms with Crippen LogP contribution < -0.4 is 15.2 Å². The van der Waals surface area contributed by atoms with E-state index in [4.69, 9.17) is 13.6 Å². The van der Waals surface area contributed by atoms with Gasteiger partial charge in [0.1, 0.15) is 17.8 Å². The van der Waals surface area contributed by atoms with Crippen molar-refractivity contribution in [1.82, 2.24) is 10.6 Å². The molecule has 0 saturated heterocycles. The first-order valence-corrected chi connectivity index (χ1v) is 10.3. The van der Waals surface area contributed by atoms with Gasteiger partial charge in [0, 0.05) is 12.1 Å². The predicted molar refractivity (Wildman–Crippen MR) is 102 cm³/mol. The predicted octanol–water partition coefficient (Wildman–Crippen LogP) is 3.03. The van der Waals surface area contributed by atoms with Crippen molar-refractivity contribution in [2.75, 3.05) is 0 Å². The number of carbonyl (C=O) groups excluding carboxylic acids is 2. The number of para-hydroxylation sites is 1. The summed E-state index contributed by atoms with van der Waals surface area (Å²) in [6, 6.07) is 6.54. The number of carbonyl (C=O) groups is 2. The fraction of sp³-hybridized carbons (Fsp3) is 0.556. The maximum atomic E-state index is 13.0. The normalized spacial score (nSPS) is 13.9. The van der Waals surface area contributed by atoms with E-state index in [0.717, 1.165) is 0 Å². The number of hydrogen-bond donors (Lipinski definition) is 2. The van der Waals surface area contributed by atoms with E-state index in [1.807, 2.05) is 27.7 Å². The van der Waals surface area contributed by atoms with E-state index in [2.05, 4.69) is 10.6 Å². The fourth-order valence-electron chi connectivity index (χ4n) is 2.18. The Morgan fingerprint density at radius 3 is 1.59 bits per heavy atom. The molecule has 0 aliphatic heterocycles. The molecule has 0 bridgehead atoms. The topological polar surface area (TPSA) is 103 Å². The number of nitrogens with one attached hydrogen (secondary N) is 2. The summed E-state index contributed by atoms with van der Waals surface area (Å²) in [5.41, 5.74) is 0. The largest absolute Gasteiger partial charge is 0.651 e. The van der Waals surface area contributed by atoms with Crippen LogP contribution in [0.4, 0.5) is 0 Å². The highest BCUT2D eigenvalue weighted by Crippen LogP contribution is 2.50. The molecule has 1 aromatic rings. The average molecular weight is 400 g/mol. The minimum atomic E-state index is -4.53. The van der Waals surface area contributed by atoms with Crippen molar-refractivity contribution in [2.24, 2.45) is 0 Å². The Balaban J connectivity index is 2.96. The quantitative estimate of drug-likeness (QED) is 0.578. The van der Waals surface area contributed by atoms with Crippen LogP contribution in [-0.2, 0) is 23.2 Å². The molecule has 0 aliphatic carbocycles. The Labute approximate surface area is 160 Å². The van der Waals surface area contributed by atoms with Crippen LogP contribution in [0, 0.1) is 0 Å². The second kappa shape index (κ2) is 10.4. The van der Waals surface area contributed by atoms with E-state index in [1.54, 1.807) is 32.0 Å². The summed E-state index contributed by atoms with van der Waals surface area (Å²) in [5.74, 6) is -1.55. The Morgan fingerprint density at radius 2 is 1.22 bits per heavy atom. The van der Waals surface area contributed by atoms with E-state index in [-0.39, 0.29) is 17.8 Å². The fourth-order valence-corrected chi connectivity index (χ4v) is 3.43. The molecule has 2 atom stereocenters. The van der Waals surface area contributed by atoms with E-state index in [1.165, 1.54) is 12.1 Å². The number of phosphoric acid groups is 1. The van der Waals surface area contributed by atoms with Gasteiger partial charge in [0.05, 0.1) is 0 Å². The van der Waals surface area contributed by atoms with E-state index < -0.39 is 31.8 Å². The molecule has 27 heavy (non-hydrogen) atoms. The van der Waals surface area contributed by atoms with Crippen molar-refractivity contribution in [3.8, 4) is 5.75 Å². The van der Waals surface area contributed by atoms with E-state index >= 15 is 0 Å². The van der Waals surface area contributed by atoms with Crippen molar-refractivity contribution >= 4 is 19.8 Å². The molecule has 0 aliphatic rings. The van der Waals surface area contributed by atoms with Gasteiger partial charge in [-0.25, -0.2) is 9.59 Å². The summed E-state index contributed by atoms with van der Waals surface area (Å²) >= 11 is 0. The van der Waals surface area contributed by atoms with Gasteiger partial charge in [-0.1, -0.05) is 45.9 Å². The van der Waals surface area contributed by atoms with Crippen molar-refractivity contribution in [3.63, 3.8) is 0 Å². The smallest absolute Gasteiger partial charge is 0.386 e. The molecule has 0 amide bonds. The maximum Gasteiger partial charge on any atom is 0.651 e. The van der Waals surface area contributed by atoms with Gasteiger partial charge in [-0.15, -0.1) is 0 Å². The molecule has 2 N–H and O–H groups in total. The Hall–Kier alpha value is -1.89. The first-order valence-electron chi connectivity index (χ1n) is 8.86. The van der Waals surface area contributed by atoms with E-state index in [0.29, 0.717) is 0 Å². The van der Waals surface area contributed by atoms with Crippen LogP contribution in [0.15, 0.2) is 30.3 Å². The molecule has 0 spiro atoms. The van der Waals surface area contributed by atoms with E-state index in [9.17, 15) is 14.2 Å². The minimum absolute atomic E-state index is 0.000193. The second-order valence-corrected chi connectivity index (χ2v) is 8.20. The molecule has 0 fully saturated rings. The summed E-state index contributed by atoms with van der Waals surface area (Å²) in [7, 11) is -4.53. The molecular formula is C18H29N2O6P. The van der Waals surface area contributed by atoms with Crippen LogP contribution in [0.5, 0.6) is 5.75 Å². The zero-order valence-electron chi connectivity index (χ0n) is 16.6. The molecule has 0 radical (unpaired) electrons. The zero-order chi connectivity index (χ0) is 20.6. The third kappa shape index (κ3) is 8.56. The molecule has 8 nitrogen and oxygen atoms in total. The molecular weight excluding hydrogens is 371 g/mol. The second-order valence-electron chi connectivity index (χ2n) is 6.76. The molecule has 0 aromatic heterocycles. The van der Waals surface area contributed by atoms with Crippen LogP contribution in [0.1, 0.15) is 41.5 Å². The molecule has 0 heterocycles. The molecule has 152 valence electrons. The van der Waals surface area contributed by atoms with Crippen LogP contribution in [0.3, 0.4) is 0 Å². The summed E-state index contributed by atoms with van der Waals surface area (Å²) in [6.07, 6.45) is 0.